The molecule has 0 atom stereocenters. The second-order valence-corrected chi connectivity index (χ2v) is 6.42. The molecule has 4 rings (SSSR count). The molecule has 4 nitrogen and oxygen atoms in total. The van der Waals surface area contributed by atoms with E-state index >= 15 is 0 Å². The van der Waals surface area contributed by atoms with E-state index in [4.69, 9.17) is 16.3 Å². The summed E-state index contributed by atoms with van der Waals surface area (Å²) in [7, 11) is 0. The van der Waals surface area contributed by atoms with E-state index in [1.165, 1.54) is 12.1 Å². The van der Waals surface area contributed by atoms with Crippen molar-refractivity contribution in [2.75, 3.05) is 0 Å². The van der Waals surface area contributed by atoms with Crippen molar-refractivity contribution in [3.63, 3.8) is 0 Å². The maximum absolute atomic E-state index is 13.0. The van der Waals surface area contributed by atoms with Crippen LogP contribution in [0.15, 0.2) is 71.5 Å². The zero-order chi connectivity index (χ0) is 18.8. The number of hydrogen-bond donors (Lipinski definition) is 1. The first-order valence-electron chi connectivity index (χ1n) is 8.26. The van der Waals surface area contributed by atoms with E-state index in [0.29, 0.717) is 33.1 Å². The molecule has 3 aromatic carbocycles. The predicted molar refractivity (Wildman–Crippen MR) is 104 cm³/mol. The number of ether oxygens (including phenoxy) is 1. The monoisotopic (exact) mass is 380 g/mol. The zero-order valence-corrected chi connectivity index (χ0v) is 14.8. The van der Waals surface area contributed by atoms with Crippen LogP contribution >= 0.6 is 11.6 Å². The van der Waals surface area contributed by atoms with E-state index in [9.17, 15) is 9.18 Å². The van der Waals surface area contributed by atoms with Crippen LogP contribution in [0, 0.1) is 5.82 Å². The van der Waals surface area contributed by atoms with E-state index in [-0.39, 0.29) is 18.0 Å². The lowest BCUT2D eigenvalue weighted by molar-refractivity contribution is 0.307. The van der Waals surface area contributed by atoms with Gasteiger partial charge in [-0.3, -0.25) is 4.79 Å². The van der Waals surface area contributed by atoms with Crippen molar-refractivity contribution in [3.8, 4) is 17.1 Å². The van der Waals surface area contributed by atoms with E-state index < -0.39 is 0 Å². The average Bonchev–Trinajstić information content (AvgIpc) is 2.68. The van der Waals surface area contributed by atoms with Gasteiger partial charge in [0.1, 0.15) is 24.0 Å². The van der Waals surface area contributed by atoms with Crippen LogP contribution in [-0.2, 0) is 6.61 Å². The first-order chi connectivity index (χ1) is 13.1. The van der Waals surface area contributed by atoms with Crippen molar-refractivity contribution < 1.29 is 9.13 Å². The van der Waals surface area contributed by atoms with Gasteiger partial charge in [0.2, 0.25) is 0 Å². The number of benzene rings is 3. The minimum atomic E-state index is -0.302. The Hall–Kier alpha value is -3.18. The van der Waals surface area contributed by atoms with Gasteiger partial charge < -0.3 is 9.72 Å². The summed E-state index contributed by atoms with van der Waals surface area (Å²) in [6, 6.07) is 18.3. The Labute approximate surface area is 159 Å². The molecule has 6 heteroatoms. The van der Waals surface area contributed by atoms with Crippen LogP contribution in [0.5, 0.6) is 5.75 Å². The third kappa shape index (κ3) is 3.68. The molecule has 0 radical (unpaired) electrons. The van der Waals surface area contributed by atoms with E-state index in [1.807, 2.05) is 6.07 Å². The highest BCUT2D eigenvalue weighted by atomic mass is 35.5. The maximum Gasteiger partial charge on any atom is 0.259 e. The highest BCUT2D eigenvalue weighted by Gasteiger charge is 2.12. The number of fused-ring (bicyclic) bond motifs is 1. The molecular formula is C21H14ClFN2O2. The van der Waals surface area contributed by atoms with Crippen molar-refractivity contribution in [2.45, 2.75) is 6.61 Å². The van der Waals surface area contributed by atoms with Gasteiger partial charge in [-0.15, -0.1) is 0 Å². The second kappa shape index (κ2) is 7.21. The van der Waals surface area contributed by atoms with Crippen molar-refractivity contribution in [1.29, 1.82) is 0 Å². The fourth-order valence-corrected chi connectivity index (χ4v) is 2.94. The molecule has 0 aliphatic rings. The molecule has 0 bridgehead atoms. The number of nitrogens with zero attached hydrogens (tertiary/aromatic N) is 1. The molecule has 0 spiro atoms. The lowest BCUT2D eigenvalue weighted by Gasteiger charge is -2.12. The Morgan fingerprint density at radius 2 is 1.81 bits per heavy atom. The summed E-state index contributed by atoms with van der Waals surface area (Å²) >= 11 is 6.14. The number of para-hydroxylation sites is 1. The Bertz CT molecular complexity index is 1170. The number of H-pyrrole nitrogens is 1. The Morgan fingerprint density at radius 3 is 2.63 bits per heavy atom. The van der Waals surface area contributed by atoms with Gasteiger partial charge in [0.25, 0.3) is 5.56 Å². The minimum absolute atomic E-state index is 0.236. The number of aromatic nitrogens is 2. The lowest BCUT2D eigenvalue weighted by atomic mass is 10.1. The van der Waals surface area contributed by atoms with Gasteiger partial charge in [0, 0.05) is 5.02 Å². The minimum Gasteiger partial charge on any atom is -0.488 e. The standard InChI is InChI=1S/C21H14ClFN2O2/c22-14-7-10-19(27-12-13-5-8-15(23)9-6-13)17(11-14)20-24-18-4-2-1-3-16(18)21(26)25-20/h1-11H,12H2,(H,24,25,26). The zero-order valence-electron chi connectivity index (χ0n) is 14.1. The molecular weight excluding hydrogens is 367 g/mol. The summed E-state index contributed by atoms with van der Waals surface area (Å²) in [6.45, 7) is 0.243. The quantitative estimate of drug-likeness (QED) is 0.544. The fourth-order valence-electron chi connectivity index (χ4n) is 2.77. The molecule has 1 heterocycles. The summed E-state index contributed by atoms with van der Waals surface area (Å²) in [4.78, 5) is 19.7. The molecule has 27 heavy (non-hydrogen) atoms. The van der Waals surface area contributed by atoms with Crippen LogP contribution in [-0.4, -0.2) is 9.97 Å². The molecule has 0 unspecified atom stereocenters. The SMILES string of the molecule is O=c1[nH]c(-c2cc(Cl)ccc2OCc2ccc(F)cc2)nc2ccccc12. The van der Waals surface area contributed by atoms with Gasteiger partial charge in [0.05, 0.1) is 16.5 Å². The van der Waals surface area contributed by atoms with Crippen LogP contribution in [0.25, 0.3) is 22.3 Å². The average molecular weight is 381 g/mol. The Balaban J connectivity index is 1.73. The third-order valence-corrected chi connectivity index (χ3v) is 4.35. The Kier molecular flexibility index (Phi) is 4.60. The Morgan fingerprint density at radius 1 is 1.04 bits per heavy atom. The predicted octanol–water partition coefficient (Wildman–Crippen LogP) is 4.96. The van der Waals surface area contributed by atoms with E-state index in [1.54, 1.807) is 48.5 Å². The summed E-state index contributed by atoms with van der Waals surface area (Å²) in [5.74, 6) is 0.585. The molecule has 0 aliphatic heterocycles. The first kappa shape index (κ1) is 17.2. The molecule has 0 saturated heterocycles. The van der Waals surface area contributed by atoms with E-state index in [0.717, 1.165) is 5.56 Å². The van der Waals surface area contributed by atoms with Gasteiger partial charge in [-0.2, -0.15) is 0 Å². The fraction of sp³-hybridized carbons (Fsp3) is 0.0476. The molecule has 134 valence electrons. The van der Waals surface area contributed by atoms with Crippen LogP contribution in [0.3, 0.4) is 0 Å². The molecule has 1 N–H and O–H groups in total. The summed E-state index contributed by atoms with van der Waals surface area (Å²) in [6.07, 6.45) is 0. The van der Waals surface area contributed by atoms with Crippen LogP contribution in [0.2, 0.25) is 5.02 Å². The number of aromatic amines is 1. The van der Waals surface area contributed by atoms with Gasteiger partial charge in [0.15, 0.2) is 0 Å². The summed E-state index contributed by atoms with van der Waals surface area (Å²) < 4.78 is 18.9. The van der Waals surface area contributed by atoms with E-state index in [2.05, 4.69) is 9.97 Å². The van der Waals surface area contributed by atoms with Crippen LogP contribution in [0.4, 0.5) is 4.39 Å². The number of rotatable bonds is 4. The summed E-state index contributed by atoms with van der Waals surface area (Å²) in [5.41, 5.74) is 1.74. The number of nitrogens with one attached hydrogen (secondary N) is 1. The third-order valence-electron chi connectivity index (χ3n) is 4.12. The van der Waals surface area contributed by atoms with Gasteiger partial charge in [-0.1, -0.05) is 35.9 Å². The van der Waals surface area contributed by atoms with Crippen molar-refractivity contribution in [1.82, 2.24) is 9.97 Å². The largest absolute Gasteiger partial charge is 0.488 e. The molecule has 0 aliphatic carbocycles. The highest BCUT2D eigenvalue weighted by molar-refractivity contribution is 6.30. The molecule has 0 amide bonds. The second-order valence-electron chi connectivity index (χ2n) is 5.99. The van der Waals surface area contributed by atoms with Crippen LogP contribution < -0.4 is 10.3 Å². The van der Waals surface area contributed by atoms with Crippen molar-refractivity contribution in [3.05, 3.63) is 93.5 Å². The lowest BCUT2D eigenvalue weighted by Crippen LogP contribution is -2.10. The molecule has 4 aromatic rings. The van der Waals surface area contributed by atoms with Gasteiger partial charge in [-0.05, 0) is 48.0 Å². The molecule has 1 aromatic heterocycles. The highest BCUT2D eigenvalue weighted by Crippen LogP contribution is 2.31. The smallest absolute Gasteiger partial charge is 0.259 e. The number of hydrogen-bond acceptors (Lipinski definition) is 3. The molecule has 0 fully saturated rings. The van der Waals surface area contributed by atoms with Crippen molar-refractivity contribution in [2.24, 2.45) is 0 Å². The van der Waals surface area contributed by atoms with Gasteiger partial charge in [-0.25, -0.2) is 9.37 Å². The normalized spacial score (nSPS) is 10.9. The first-order valence-corrected chi connectivity index (χ1v) is 8.64. The molecule has 0 saturated carbocycles. The summed E-state index contributed by atoms with van der Waals surface area (Å²) in [5, 5.41) is 1.01. The number of halogens is 2. The van der Waals surface area contributed by atoms with Crippen LogP contribution in [0.1, 0.15) is 5.56 Å². The maximum atomic E-state index is 13.0. The van der Waals surface area contributed by atoms with Gasteiger partial charge >= 0.3 is 0 Å². The topological polar surface area (TPSA) is 55.0 Å². The van der Waals surface area contributed by atoms with Crippen molar-refractivity contribution >= 4 is 22.5 Å².